The minimum Gasteiger partial charge on any atom is -0.444 e. The van der Waals surface area contributed by atoms with Crippen LogP contribution in [0.5, 0.6) is 0 Å². The normalized spacial score (nSPS) is 11.7. The molecule has 0 aliphatic heterocycles. The molecule has 19 heavy (non-hydrogen) atoms. The van der Waals surface area contributed by atoms with Crippen LogP contribution in [0.3, 0.4) is 0 Å². The molecule has 102 valence electrons. The average molecular weight is 280 g/mol. The molecule has 0 fully saturated rings. The fraction of sp³-hybridized carbons (Fsp3) is 0.308. The maximum absolute atomic E-state index is 11.4. The third-order valence-corrected chi connectivity index (χ3v) is 3.77. The zero-order chi connectivity index (χ0) is 13.9. The third kappa shape index (κ3) is 3.42. The van der Waals surface area contributed by atoms with E-state index in [1.807, 2.05) is 6.92 Å². The Morgan fingerprint density at radius 2 is 1.95 bits per heavy atom. The van der Waals surface area contributed by atoms with Gasteiger partial charge in [-0.2, -0.15) is 0 Å². The van der Waals surface area contributed by atoms with Crippen molar-refractivity contribution in [1.29, 1.82) is 0 Å². The minimum absolute atomic E-state index is 0.288. The summed E-state index contributed by atoms with van der Waals surface area (Å²) in [4.78, 5) is 4.62. The first-order valence-electron chi connectivity index (χ1n) is 5.96. The summed E-state index contributed by atoms with van der Waals surface area (Å²) in [7, 11) is -3.17. The van der Waals surface area contributed by atoms with Gasteiger partial charge in [0.15, 0.2) is 9.84 Å². The maximum atomic E-state index is 11.4. The molecule has 0 aliphatic rings. The van der Waals surface area contributed by atoms with Crippen molar-refractivity contribution in [2.45, 2.75) is 18.4 Å². The molecule has 0 unspecified atom stereocenters. The topological polar surface area (TPSA) is 72.2 Å². The Bertz CT molecular complexity index is 645. The lowest BCUT2D eigenvalue weighted by Crippen LogP contribution is -2.11. The van der Waals surface area contributed by atoms with Gasteiger partial charge in [-0.1, -0.05) is 6.92 Å². The molecule has 0 aliphatic carbocycles. The molecular weight excluding hydrogens is 264 g/mol. The Balaban J connectivity index is 2.20. The fourth-order valence-corrected chi connectivity index (χ4v) is 2.25. The van der Waals surface area contributed by atoms with Gasteiger partial charge in [0.2, 0.25) is 5.89 Å². The predicted molar refractivity (Wildman–Crippen MR) is 72.4 cm³/mol. The monoisotopic (exact) mass is 280 g/mol. The van der Waals surface area contributed by atoms with Crippen molar-refractivity contribution >= 4 is 9.84 Å². The van der Waals surface area contributed by atoms with E-state index in [1.165, 1.54) is 6.26 Å². The number of aromatic nitrogens is 1. The smallest absolute Gasteiger partial charge is 0.226 e. The van der Waals surface area contributed by atoms with Gasteiger partial charge in [0, 0.05) is 18.4 Å². The number of sulfone groups is 1. The molecule has 0 amide bonds. The van der Waals surface area contributed by atoms with Crippen LogP contribution in [0.2, 0.25) is 0 Å². The van der Waals surface area contributed by atoms with E-state index in [4.69, 9.17) is 4.42 Å². The Morgan fingerprint density at radius 1 is 1.26 bits per heavy atom. The van der Waals surface area contributed by atoms with Crippen molar-refractivity contribution in [3.05, 3.63) is 36.2 Å². The molecule has 2 aromatic rings. The van der Waals surface area contributed by atoms with Gasteiger partial charge in [-0.05, 0) is 30.8 Å². The molecule has 1 aromatic carbocycles. The summed E-state index contributed by atoms with van der Waals surface area (Å²) in [5, 5.41) is 3.16. The summed E-state index contributed by atoms with van der Waals surface area (Å²) in [6, 6.07) is 6.50. The summed E-state index contributed by atoms with van der Waals surface area (Å²) < 4.78 is 28.1. The van der Waals surface area contributed by atoms with Crippen LogP contribution in [0.25, 0.3) is 11.5 Å². The first-order chi connectivity index (χ1) is 9.00. The number of hydrogen-bond acceptors (Lipinski definition) is 5. The summed E-state index contributed by atoms with van der Waals surface area (Å²) in [5.41, 5.74) is 1.58. The van der Waals surface area contributed by atoms with Crippen LogP contribution in [0.1, 0.15) is 12.6 Å². The molecule has 0 spiro atoms. The van der Waals surface area contributed by atoms with Gasteiger partial charge in [0.1, 0.15) is 6.26 Å². The van der Waals surface area contributed by atoms with Gasteiger partial charge in [-0.25, -0.2) is 13.4 Å². The second-order valence-electron chi connectivity index (χ2n) is 4.22. The molecule has 0 saturated heterocycles. The third-order valence-electron chi connectivity index (χ3n) is 2.64. The second-order valence-corrected chi connectivity index (χ2v) is 6.24. The van der Waals surface area contributed by atoms with Crippen molar-refractivity contribution in [3.63, 3.8) is 0 Å². The Labute approximate surface area is 112 Å². The van der Waals surface area contributed by atoms with Gasteiger partial charge < -0.3 is 9.73 Å². The lowest BCUT2D eigenvalue weighted by Gasteiger charge is -1.99. The average Bonchev–Trinajstić information content (AvgIpc) is 2.84. The molecule has 0 saturated carbocycles. The van der Waals surface area contributed by atoms with E-state index < -0.39 is 9.84 Å². The van der Waals surface area contributed by atoms with Gasteiger partial charge in [-0.3, -0.25) is 0 Å². The lowest BCUT2D eigenvalue weighted by atomic mass is 10.2. The molecule has 0 radical (unpaired) electrons. The van der Waals surface area contributed by atoms with E-state index in [0.717, 1.165) is 17.8 Å². The van der Waals surface area contributed by atoms with E-state index in [-0.39, 0.29) is 4.90 Å². The van der Waals surface area contributed by atoms with E-state index in [1.54, 1.807) is 30.5 Å². The van der Waals surface area contributed by atoms with E-state index in [9.17, 15) is 8.42 Å². The Morgan fingerprint density at radius 3 is 2.53 bits per heavy atom. The molecular formula is C13H16N2O3S. The second kappa shape index (κ2) is 5.54. The summed E-state index contributed by atoms with van der Waals surface area (Å²) in [6.07, 6.45) is 2.78. The number of benzene rings is 1. The molecule has 1 heterocycles. The summed E-state index contributed by atoms with van der Waals surface area (Å²) >= 11 is 0. The zero-order valence-electron chi connectivity index (χ0n) is 10.9. The van der Waals surface area contributed by atoms with E-state index >= 15 is 0 Å². The zero-order valence-corrected chi connectivity index (χ0v) is 11.7. The SMILES string of the molecule is CCNCc1coc(-c2ccc(S(C)(=O)=O)cc2)n1. The lowest BCUT2D eigenvalue weighted by molar-refractivity contribution is 0.570. The first-order valence-corrected chi connectivity index (χ1v) is 7.85. The fourth-order valence-electron chi connectivity index (χ4n) is 1.62. The number of nitrogens with one attached hydrogen (secondary N) is 1. The standard InChI is InChI=1S/C13H16N2O3S/c1-3-14-8-11-9-18-13(15-11)10-4-6-12(7-5-10)19(2,16)17/h4-7,9,14H,3,8H2,1-2H3. The molecule has 5 nitrogen and oxygen atoms in total. The van der Waals surface area contributed by atoms with Crippen LogP contribution in [-0.4, -0.2) is 26.2 Å². The quantitative estimate of drug-likeness (QED) is 0.905. The molecule has 6 heteroatoms. The van der Waals surface area contributed by atoms with Crippen LogP contribution in [0.4, 0.5) is 0 Å². The summed E-state index contributed by atoms with van der Waals surface area (Å²) in [5.74, 6) is 0.493. The Hall–Kier alpha value is -1.66. The van der Waals surface area contributed by atoms with Crippen molar-refractivity contribution in [3.8, 4) is 11.5 Å². The van der Waals surface area contributed by atoms with Crippen molar-refractivity contribution in [2.24, 2.45) is 0 Å². The number of rotatable bonds is 5. The van der Waals surface area contributed by atoms with Crippen LogP contribution in [-0.2, 0) is 16.4 Å². The van der Waals surface area contributed by atoms with Gasteiger partial charge in [-0.15, -0.1) is 0 Å². The van der Waals surface area contributed by atoms with Crippen LogP contribution < -0.4 is 5.32 Å². The molecule has 0 bridgehead atoms. The molecule has 2 rings (SSSR count). The van der Waals surface area contributed by atoms with Crippen molar-refractivity contribution in [2.75, 3.05) is 12.8 Å². The van der Waals surface area contributed by atoms with Gasteiger partial charge in [0.25, 0.3) is 0 Å². The number of oxazole rings is 1. The Kier molecular flexibility index (Phi) is 4.01. The highest BCUT2D eigenvalue weighted by molar-refractivity contribution is 7.90. The van der Waals surface area contributed by atoms with E-state index in [0.29, 0.717) is 12.4 Å². The van der Waals surface area contributed by atoms with Crippen molar-refractivity contribution in [1.82, 2.24) is 10.3 Å². The molecule has 1 aromatic heterocycles. The molecule has 1 N–H and O–H groups in total. The first kappa shape index (κ1) is 13.8. The molecule has 0 atom stereocenters. The highest BCUT2D eigenvalue weighted by Gasteiger charge is 2.10. The van der Waals surface area contributed by atoms with Crippen LogP contribution >= 0.6 is 0 Å². The highest BCUT2D eigenvalue weighted by atomic mass is 32.2. The summed E-state index contributed by atoms with van der Waals surface area (Å²) in [6.45, 7) is 3.54. The predicted octanol–water partition coefficient (Wildman–Crippen LogP) is 1.85. The minimum atomic E-state index is -3.17. The van der Waals surface area contributed by atoms with Gasteiger partial charge >= 0.3 is 0 Å². The number of hydrogen-bond donors (Lipinski definition) is 1. The largest absolute Gasteiger partial charge is 0.444 e. The van der Waals surface area contributed by atoms with Crippen molar-refractivity contribution < 1.29 is 12.8 Å². The highest BCUT2D eigenvalue weighted by Crippen LogP contribution is 2.20. The van der Waals surface area contributed by atoms with Crippen LogP contribution in [0, 0.1) is 0 Å². The number of nitrogens with zero attached hydrogens (tertiary/aromatic N) is 1. The van der Waals surface area contributed by atoms with Crippen LogP contribution in [0.15, 0.2) is 39.8 Å². The maximum Gasteiger partial charge on any atom is 0.226 e. The van der Waals surface area contributed by atoms with Gasteiger partial charge in [0.05, 0.1) is 10.6 Å². The van der Waals surface area contributed by atoms with E-state index in [2.05, 4.69) is 10.3 Å².